The van der Waals surface area contributed by atoms with E-state index in [2.05, 4.69) is 40.4 Å². The van der Waals surface area contributed by atoms with Crippen LogP contribution in [0.4, 0.5) is 0 Å². The molecule has 0 saturated heterocycles. The van der Waals surface area contributed by atoms with E-state index in [0.29, 0.717) is 19.6 Å². The summed E-state index contributed by atoms with van der Waals surface area (Å²) in [6, 6.07) is 47.8. The van der Waals surface area contributed by atoms with E-state index >= 15 is 0 Å². The summed E-state index contributed by atoms with van der Waals surface area (Å²) < 4.78 is 0. The minimum Gasteiger partial charge on any atom is -0.286 e. The predicted octanol–water partition coefficient (Wildman–Crippen LogP) is 7.27. The Labute approximate surface area is 270 Å². The molecule has 0 unspecified atom stereocenters. The molecule has 0 spiro atoms. The van der Waals surface area contributed by atoms with Crippen LogP contribution in [0.5, 0.6) is 0 Å². The molecule has 0 fully saturated rings. The van der Waals surface area contributed by atoms with E-state index in [4.69, 9.17) is 15.0 Å². The molecule has 0 amide bonds. The lowest BCUT2D eigenvalue weighted by Gasteiger charge is -2.21. The van der Waals surface area contributed by atoms with Crippen LogP contribution in [0, 0.1) is 35.5 Å². The van der Waals surface area contributed by atoms with Crippen LogP contribution in [0.15, 0.2) is 146 Å². The first kappa shape index (κ1) is 29.8. The number of nitrogens with zero attached hydrogens (tertiary/aromatic N) is 4. The maximum atomic E-state index is 4.87. The van der Waals surface area contributed by atoms with Crippen LogP contribution < -0.4 is 0 Å². The summed E-state index contributed by atoms with van der Waals surface area (Å²) >= 11 is 0. The Kier molecular flexibility index (Phi) is 10.0. The molecule has 6 rings (SSSR count). The highest BCUT2D eigenvalue weighted by Crippen LogP contribution is 2.13. The van der Waals surface area contributed by atoms with Crippen LogP contribution in [0.1, 0.15) is 50.9 Å². The van der Waals surface area contributed by atoms with Crippen LogP contribution in [0.25, 0.3) is 0 Å². The fraction of sp³-hybridized carbons (Fsp3) is 0.0714. The van der Waals surface area contributed by atoms with Gasteiger partial charge >= 0.3 is 0 Å². The number of hydrogen-bond donors (Lipinski definition) is 0. The monoisotopic (exact) mass is 590 g/mol. The van der Waals surface area contributed by atoms with Crippen molar-refractivity contribution < 1.29 is 0 Å². The van der Waals surface area contributed by atoms with Crippen molar-refractivity contribution in [3.63, 3.8) is 0 Å². The molecule has 0 aliphatic carbocycles. The van der Waals surface area contributed by atoms with Gasteiger partial charge in [-0.1, -0.05) is 90.6 Å². The van der Waals surface area contributed by atoms with E-state index in [-0.39, 0.29) is 0 Å². The fourth-order valence-corrected chi connectivity index (χ4v) is 4.74. The number of rotatable bonds is 6. The van der Waals surface area contributed by atoms with Crippen molar-refractivity contribution in [2.75, 3.05) is 0 Å². The van der Waals surface area contributed by atoms with Gasteiger partial charge in [-0.05, 0) is 90.6 Å². The molecule has 6 aromatic rings. The Bertz CT molecular complexity index is 1840. The number of aromatic nitrogens is 3. The van der Waals surface area contributed by atoms with E-state index in [1.807, 2.05) is 146 Å². The molecule has 3 heterocycles. The zero-order chi connectivity index (χ0) is 31.2. The van der Waals surface area contributed by atoms with Gasteiger partial charge in [0.05, 0.1) is 17.1 Å². The van der Waals surface area contributed by atoms with Crippen LogP contribution in [0.2, 0.25) is 0 Å². The normalized spacial score (nSPS) is 10.1. The first-order valence-corrected chi connectivity index (χ1v) is 15.1. The van der Waals surface area contributed by atoms with Gasteiger partial charge < -0.3 is 0 Å². The summed E-state index contributed by atoms with van der Waals surface area (Å²) in [7, 11) is 0. The van der Waals surface area contributed by atoms with Gasteiger partial charge in [0.1, 0.15) is 17.1 Å². The first-order valence-electron chi connectivity index (χ1n) is 15.1. The second-order valence-corrected chi connectivity index (χ2v) is 10.5. The van der Waals surface area contributed by atoms with Crippen LogP contribution in [-0.2, 0) is 19.6 Å². The maximum Gasteiger partial charge on any atom is 0.113 e. The third-order valence-corrected chi connectivity index (χ3v) is 6.90. The summed E-state index contributed by atoms with van der Waals surface area (Å²) in [6.07, 6.45) is 0. The summed E-state index contributed by atoms with van der Waals surface area (Å²) in [4.78, 5) is 16.9. The Morgan fingerprint density at radius 2 is 0.630 bits per heavy atom. The molecule has 0 bridgehead atoms. The number of pyridine rings is 3. The standard InChI is InChI=1S/C42H30N4/c1-4-13-34(14-5-1)25-28-37-19-10-22-40(43-37)31-46(32-41-23-11-20-38(44-41)29-26-35-15-6-2-7-16-35)33-42-24-12-21-39(45-42)30-27-36-17-8-3-9-18-36/h1-24H,31-33H2. The van der Waals surface area contributed by atoms with Gasteiger partial charge in [-0.15, -0.1) is 0 Å². The molecule has 3 aromatic carbocycles. The van der Waals surface area contributed by atoms with Crippen molar-refractivity contribution in [1.82, 2.24) is 19.9 Å². The van der Waals surface area contributed by atoms with Crippen molar-refractivity contribution in [3.05, 3.63) is 196 Å². The topological polar surface area (TPSA) is 41.9 Å². The van der Waals surface area contributed by atoms with Gasteiger partial charge in [0.2, 0.25) is 0 Å². The lowest BCUT2D eigenvalue weighted by atomic mass is 10.2. The molecular formula is C42H30N4. The lowest BCUT2D eigenvalue weighted by molar-refractivity contribution is 0.238. The Balaban J connectivity index is 1.25. The average Bonchev–Trinajstić information content (AvgIpc) is 3.11. The molecule has 4 heteroatoms. The van der Waals surface area contributed by atoms with Crippen molar-refractivity contribution in [2.45, 2.75) is 19.6 Å². The first-order chi connectivity index (χ1) is 22.7. The van der Waals surface area contributed by atoms with E-state index in [1.54, 1.807) is 0 Å². The molecule has 0 saturated carbocycles. The minimum absolute atomic E-state index is 0.587. The lowest BCUT2D eigenvalue weighted by Crippen LogP contribution is -2.24. The second-order valence-electron chi connectivity index (χ2n) is 10.5. The third-order valence-electron chi connectivity index (χ3n) is 6.90. The largest absolute Gasteiger partial charge is 0.286 e. The zero-order valence-electron chi connectivity index (χ0n) is 25.3. The van der Waals surface area contributed by atoms with E-state index < -0.39 is 0 Å². The SMILES string of the molecule is C(#Cc1cccc(CN(Cc2cccc(C#Cc3ccccc3)n2)Cc2cccc(C#Cc3ccccc3)n2)n1)c1ccccc1. The van der Waals surface area contributed by atoms with Gasteiger partial charge in [-0.2, -0.15) is 0 Å². The van der Waals surface area contributed by atoms with Crippen molar-refractivity contribution in [2.24, 2.45) is 0 Å². The van der Waals surface area contributed by atoms with Gasteiger partial charge in [-0.25, -0.2) is 15.0 Å². The fourth-order valence-electron chi connectivity index (χ4n) is 4.74. The molecule has 0 aliphatic heterocycles. The van der Waals surface area contributed by atoms with Crippen molar-refractivity contribution >= 4 is 0 Å². The van der Waals surface area contributed by atoms with Crippen LogP contribution in [-0.4, -0.2) is 19.9 Å². The van der Waals surface area contributed by atoms with Crippen molar-refractivity contribution in [3.8, 4) is 35.5 Å². The smallest absolute Gasteiger partial charge is 0.113 e. The van der Waals surface area contributed by atoms with E-state index in [0.717, 1.165) is 50.9 Å². The predicted molar refractivity (Wildman–Crippen MR) is 183 cm³/mol. The van der Waals surface area contributed by atoms with Gasteiger partial charge in [0.15, 0.2) is 0 Å². The van der Waals surface area contributed by atoms with Crippen LogP contribution >= 0.6 is 0 Å². The Hall–Kier alpha value is -6.25. The van der Waals surface area contributed by atoms with Crippen LogP contribution in [0.3, 0.4) is 0 Å². The molecule has 46 heavy (non-hydrogen) atoms. The molecule has 4 nitrogen and oxygen atoms in total. The molecule has 0 atom stereocenters. The third kappa shape index (κ3) is 9.12. The number of hydrogen-bond acceptors (Lipinski definition) is 4. The molecule has 0 aliphatic rings. The second kappa shape index (κ2) is 15.5. The molecular weight excluding hydrogens is 560 g/mol. The summed E-state index contributed by atoms with van der Waals surface area (Å²) in [5, 5.41) is 0. The van der Waals surface area contributed by atoms with Gasteiger partial charge in [-0.3, -0.25) is 4.90 Å². The zero-order valence-corrected chi connectivity index (χ0v) is 25.3. The average molecular weight is 591 g/mol. The molecule has 0 radical (unpaired) electrons. The quantitative estimate of drug-likeness (QED) is 0.191. The minimum atomic E-state index is 0.587. The Morgan fingerprint density at radius 3 is 0.935 bits per heavy atom. The highest BCUT2D eigenvalue weighted by Gasteiger charge is 2.12. The maximum absolute atomic E-state index is 4.87. The number of benzene rings is 3. The van der Waals surface area contributed by atoms with E-state index in [1.165, 1.54) is 0 Å². The van der Waals surface area contributed by atoms with Gasteiger partial charge in [0.25, 0.3) is 0 Å². The molecule has 218 valence electrons. The van der Waals surface area contributed by atoms with Crippen molar-refractivity contribution in [1.29, 1.82) is 0 Å². The van der Waals surface area contributed by atoms with E-state index in [9.17, 15) is 0 Å². The Morgan fingerprint density at radius 1 is 0.326 bits per heavy atom. The molecule has 3 aromatic heterocycles. The summed E-state index contributed by atoms with van der Waals surface area (Å²) in [6.45, 7) is 1.76. The van der Waals surface area contributed by atoms with Gasteiger partial charge in [0, 0.05) is 36.3 Å². The summed E-state index contributed by atoms with van der Waals surface area (Å²) in [5.74, 6) is 19.3. The molecule has 0 N–H and O–H groups in total. The summed E-state index contributed by atoms with van der Waals surface area (Å²) in [5.41, 5.74) is 7.81. The highest BCUT2D eigenvalue weighted by atomic mass is 15.1. The highest BCUT2D eigenvalue weighted by molar-refractivity contribution is 5.42.